The third kappa shape index (κ3) is 4.94. The van der Waals surface area contributed by atoms with E-state index in [0.29, 0.717) is 38.2 Å². The Bertz CT molecular complexity index is 1110. The minimum Gasteiger partial charge on any atom is -0.299 e. The number of sulfonamides is 1. The van der Waals surface area contributed by atoms with Gasteiger partial charge in [-0.25, -0.2) is 17.2 Å². The molecular formula is C24H24F2N2O2S. The molecule has 1 aliphatic heterocycles. The van der Waals surface area contributed by atoms with Crippen molar-refractivity contribution in [1.82, 2.24) is 4.90 Å². The van der Waals surface area contributed by atoms with Crippen LogP contribution in [0.2, 0.25) is 0 Å². The highest BCUT2D eigenvalue weighted by Crippen LogP contribution is 2.30. The van der Waals surface area contributed by atoms with Crippen molar-refractivity contribution in [3.05, 3.63) is 96.1 Å². The standard InChI is InChI=1S/C24H24F2N2O2S/c25-20-9-11-24(12-10-20)31(29,30)28(22-7-2-1-3-8-22)23-13-15-27(16-14-23)18-19-5-4-6-21(26)17-19/h1-12,17,23H,13-16,18H2. The van der Waals surface area contributed by atoms with E-state index in [-0.39, 0.29) is 16.8 Å². The van der Waals surface area contributed by atoms with Crippen molar-refractivity contribution >= 4 is 15.7 Å². The largest absolute Gasteiger partial charge is 0.299 e. The predicted octanol–water partition coefficient (Wildman–Crippen LogP) is 4.82. The van der Waals surface area contributed by atoms with Gasteiger partial charge in [0.1, 0.15) is 11.6 Å². The summed E-state index contributed by atoms with van der Waals surface area (Å²) in [6.45, 7) is 2.02. The first-order valence-corrected chi connectivity index (χ1v) is 11.7. The van der Waals surface area contributed by atoms with E-state index in [1.165, 1.54) is 28.6 Å². The molecule has 0 aromatic heterocycles. The molecule has 3 aromatic rings. The Morgan fingerprint density at radius 2 is 1.52 bits per heavy atom. The average molecular weight is 443 g/mol. The Morgan fingerprint density at radius 3 is 2.16 bits per heavy atom. The van der Waals surface area contributed by atoms with Crippen molar-refractivity contribution in [3.8, 4) is 0 Å². The van der Waals surface area contributed by atoms with Crippen molar-refractivity contribution in [3.63, 3.8) is 0 Å². The maximum absolute atomic E-state index is 13.5. The third-order valence-electron chi connectivity index (χ3n) is 5.57. The molecule has 1 fully saturated rings. The van der Waals surface area contributed by atoms with Gasteiger partial charge >= 0.3 is 0 Å². The zero-order valence-electron chi connectivity index (χ0n) is 17.0. The average Bonchev–Trinajstić information content (AvgIpc) is 2.76. The van der Waals surface area contributed by atoms with E-state index in [1.54, 1.807) is 18.2 Å². The molecule has 4 rings (SSSR count). The first-order valence-electron chi connectivity index (χ1n) is 10.3. The summed E-state index contributed by atoms with van der Waals surface area (Å²) in [7, 11) is -3.85. The maximum atomic E-state index is 13.5. The number of para-hydroxylation sites is 1. The minimum absolute atomic E-state index is 0.0694. The Balaban J connectivity index is 1.55. The molecule has 0 bridgehead atoms. The summed E-state index contributed by atoms with van der Waals surface area (Å²) in [5.74, 6) is -0.733. The molecular weight excluding hydrogens is 418 g/mol. The van der Waals surface area contributed by atoms with Crippen LogP contribution in [0.3, 0.4) is 0 Å². The van der Waals surface area contributed by atoms with Crippen LogP contribution in [-0.2, 0) is 16.6 Å². The van der Waals surface area contributed by atoms with Crippen LogP contribution in [0.4, 0.5) is 14.5 Å². The quantitative estimate of drug-likeness (QED) is 0.549. The topological polar surface area (TPSA) is 40.6 Å². The summed E-state index contributed by atoms with van der Waals surface area (Å²) in [5, 5.41) is 0. The van der Waals surface area contributed by atoms with E-state index in [9.17, 15) is 17.2 Å². The van der Waals surface area contributed by atoms with Gasteiger partial charge in [-0.1, -0.05) is 30.3 Å². The first kappa shape index (κ1) is 21.5. The van der Waals surface area contributed by atoms with Crippen molar-refractivity contribution in [2.24, 2.45) is 0 Å². The molecule has 0 N–H and O–H groups in total. The molecule has 3 aromatic carbocycles. The van der Waals surface area contributed by atoms with Crippen LogP contribution in [0.1, 0.15) is 18.4 Å². The summed E-state index contributed by atoms with van der Waals surface area (Å²) in [6, 6.07) is 20.3. The number of rotatable bonds is 6. The van der Waals surface area contributed by atoms with Crippen molar-refractivity contribution in [1.29, 1.82) is 0 Å². The summed E-state index contributed by atoms with van der Waals surface area (Å²) in [4.78, 5) is 2.28. The van der Waals surface area contributed by atoms with Crippen LogP contribution in [0.15, 0.2) is 83.8 Å². The van der Waals surface area contributed by atoms with Gasteiger partial charge in [-0.15, -0.1) is 0 Å². The molecule has 1 aliphatic rings. The van der Waals surface area contributed by atoms with Gasteiger partial charge < -0.3 is 0 Å². The Labute approximate surface area is 181 Å². The van der Waals surface area contributed by atoms with Crippen LogP contribution in [0.5, 0.6) is 0 Å². The van der Waals surface area contributed by atoms with E-state index in [4.69, 9.17) is 0 Å². The first-order chi connectivity index (χ1) is 14.9. The SMILES string of the molecule is O=S(=O)(c1ccc(F)cc1)N(c1ccccc1)C1CCN(Cc2cccc(F)c2)CC1. The molecule has 4 nitrogen and oxygen atoms in total. The van der Waals surface area contributed by atoms with Crippen LogP contribution in [0, 0.1) is 11.6 Å². The highest BCUT2D eigenvalue weighted by molar-refractivity contribution is 7.92. The van der Waals surface area contributed by atoms with Crippen molar-refractivity contribution in [2.45, 2.75) is 30.3 Å². The molecule has 0 saturated carbocycles. The molecule has 0 atom stereocenters. The van der Waals surface area contributed by atoms with Gasteiger partial charge in [0.05, 0.1) is 10.6 Å². The van der Waals surface area contributed by atoms with Crippen LogP contribution >= 0.6 is 0 Å². The Hall–Kier alpha value is -2.77. The fourth-order valence-corrected chi connectivity index (χ4v) is 5.76. The Morgan fingerprint density at radius 1 is 0.839 bits per heavy atom. The van der Waals surface area contributed by atoms with E-state index >= 15 is 0 Å². The van der Waals surface area contributed by atoms with Gasteiger partial charge in [-0.2, -0.15) is 0 Å². The van der Waals surface area contributed by atoms with Gasteiger partial charge in [-0.3, -0.25) is 9.21 Å². The molecule has 162 valence electrons. The predicted molar refractivity (Wildman–Crippen MR) is 117 cm³/mol. The molecule has 0 amide bonds. The molecule has 0 unspecified atom stereocenters. The number of likely N-dealkylation sites (tertiary alicyclic amines) is 1. The lowest BCUT2D eigenvalue weighted by molar-refractivity contribution is 0.206. The second kappa shape index (κ2) is 9.16. The van der Waals surface area contributed by atoms with Gasteiger partial charge in [0, 0.05) is 25.7 Å². The molecule has 1 saturated heterocycles. The molecule has 0 aliphatic carbocycles. The van der Waals surface area contributed by atoms with Gasteiger partial charge in [0.2, 0.25) is 0 Å². The summed E-state index contributed by atoms with van der Waals surface area (Å²) >= 11 is 0. The van der Waals surface area contributed by atoms with Crippen LogP contribution in [-0.4, -0.2) is 32.4 Å². The molecule has 0 radical (unpaired) electrons. The smallest absolute Gasteiger partial charge is 0.264 e. The van der Waals surface area contributed by atoms with E-state index in [1.807, 2.05) is 24.3 Å². The summed E-state index contributed by atoms with van der Waals surface area (Å²) in [5.41, 5.74) is 1.49. The summed E-state index contributed by atoms with van der Waals surface area (Å²) < 4.78 is 55.3. The minimum atomic E-state index is -3.85. The Kier molecular flexibility index (Phi) is 6.34. The van der Waals surface area contributed by atoms with Crippen LogP contribution in [0.25, 0.3) is 0 Å². The number of hydrogen-bond acceptors (Lipinski definition) is 3. The van der Waals surface area contributed by atoms with E-state index in [2.05, 4.69) is 4.90 Å². The zero-order valence-corrected chi connectivity index (χ0v) is 17.8. The zero-order chi connectivity index (χ0) is 21.8. The van der Waals surface area contributed by atoms with Crippen molar-refractivity contribution < 1.29 is 17.2 Å². The maximum Gasteiger partial charge on any atom is 0.264 e. The van der Waals surface area contributed by atoms with Gasteiger partial charge in [0.15, 0.2) is 0 Å². The lowest BCUT2D eigenvalue weighted by atomic mass is 10.0. The van der Waals surface area contributed by atoms with E-state index in [0.717, 1.165) is 17.7 Å². The fourth-order valence-electron chi connectivity index (χ4n) is 4.05. The number of piperidine rings is 1. The second-order valence-corrected chi connectivity index (χ2v) is 9.54. The normalized spacial score (nSPS) is 15.7. The van der Waals surface area contributed by atoms with Gasteiger partial charge in [0.25, 0.3) is 10.0 Å². The number of benzene rings is 3. The number of anilines is 1. The highest BCUT2D eigenvalue weighted by Gasteiger charge is 2.34. The number of nitrogens with zero attached hydrogens (tertiary/aromatic N) is 2. The number of halogens is 2. The molecule has 0 spiro atoms. The molecule has 31 heavy (non-hydrogen) atoms. The fraction of sp³-hybridized carbons (Fsp3) is 0.250. The van der Waals surface area contributed by atoms with Crippen molar-refractivity contribution in [2.75, 3.05) is 17.4 Å². The lowest BCUT2D eigenvalue weighted by Gasteiger charge is -2.39. The highest BCUT2D eigenvalue weighted by atomic mass is 32.2. The van der Waals surface area contributed by atoms with Gasteiger partial charge in [-0.05, 0) is 66.9 Å². The third-order valence-corrected chi connectivity index (χ3v) is 7.46. The van der Waals surface area contributed by atoms with E-state index < -0.39 is 15.8 Å². The molecule has 7 heteroatoms. The van der Waals surface area contributed by atoms with Crippen LogP contribution < -0.4 is 4.31 Å². The summed E-state index contributed by atoms with van der Waals surface area (Å²) in [6.07, 6.45) is 1.29. The molecule has 1 heterocycles. The number of hydrogen-bond donors (Lipinski definition) is 0. The lowest BCUT2D eigenvalue weighted by Crippen LogP contribution is -2.47. The second-order valence-electron chi connectivity index (χ2n) is 7.73. The monoisotopic (exact) mass is 442 g/mol.